The molecule has 1 aliphatic carbocycles. The van der Waals surface area contributed by atoms with Crippen molar-refractivity contribution in [1.29, 1.82) is 0 Å². The molecule has 0 atom stereocenters. The van der Waals surface area contributed by atoms with E-state index < -0.39 is 0 Å². The van der Waals surface area contributed by atoms with Gasteiger partial charge in [0.05, 0.1) is 12.7 Å². The second kappa shape index (κ2) is 7.66. The average Bonchev–Trinajstić information content (AvgIpc) is 2.29. The third-order valence-electron chi connectivity index (χ3n) is 3.31. The van der Waals surface area contributed by atoms with Crippen LogP contribution in [0.4, 0.5) is 0 Å². The smallest absolute Gasteiger partial charge is 0.305 e. The van der Waals surface area contributed by atoms with Gasteiger partial charge >= 0.3 is 5.97 Å². The minimum atomic E-state index is -0.321. The molecule has 0 saturated heterocycles. The van der Waals surface area contributed by atoms with Crippen molar-refractivity contribution in [3.05, 3.63) is 0 Å². The van der Waals surface area contributed by atoms with Crippen LogP contribution in [-0.4, -0.2) is 23.8 Å². The topological polar surface area (TPSA) is 46.5 Å². The van der Waals surface area contributed by atoms with E-state index in [0.717, 1.165) is 12.8 Å². The highest BCUT2D eigenvalue weighted by Gasteiger charge is 2.31. The summed E-state index contributed by atoms with van der Waals surface area (Å²) in [7, 11) is 1.38. The summed E-state index contributed by atoms with van der Waals surface area (Å²) in [6.45, 7) is 5.99. The molecule has 1 fully saturated rings. The molecular formula is C13H26O3. The molecule has 0 unspecified atom stereocenters. The van der Waals surface area contributed by atoms with E-state index >= 15 is 0 Å². The van der Waals surface area contributed by atoms with Crippen molar-refractivity contribution in [3.8, 4) is 0 Å². The Morgan fingerprint density at radius 2 is 1.81 bits per heavy atom. The van der Waals surface area contributed by atoms with Crippen LogP contribution in [0.15, 0.2) is 0 Å². The van der Waals surface area contributed by atoms with Gasteiger partial charge in [-0.1, -0.05) is 40.0 Å². The van der Waals surface area contributed by atoms with Crippen LogP contribution in [0, 0.1) is 5.92 Å². The van der Waals surface area contributed by atoms with Crippen LogP contribution >= 0.6 is 0 Å². The van der Waals surface area contributed by atoms with E-state index in [1.54, 1.807) is 6.92 Å². The summed E-state index contributed by atoms with van der Waals surface area (Å²) in [5.41, 5.74) is -0.321. The van der Waals surface area contributed by atoms with Gasteiger partial charge in [0, 0.05) is 6.42 Å². The number of aliphatic hydroxyl groups is 1. The lowest BCUT2D eigenvalue weighted by Crippen LogP contribution is -2.36. The number of methoxy groups -OCH3 is 1. The van der Waals surface area contributed by atoms with Gasteiger partial charge in [-0.15, -0.1) is 0 Å². The Labute approximate surface area is 99.2 Å². The SMILES string of the molecule is CC(C)C1(O)CCCCC1.CCC(=O)OC. The molecular weight excluding hydrogens is 204 g/mol. The van der Waals surface area contributed by atoms with Crippen LogP contribution in [0.5, 0.6) is 0 Å². The maximum Gasteiger partial charge on any atom is 0.305 e. The van der Waals surface area contributed by atoms with Crippen molar-refractivity contribution >= 4 is 5.97 Å². The number of carbonyl (C=O) groups is 1. The summed E-state index contributed by atoms with van der Waals surface area (Å²) in [6.07, 6.45) is 6.25. The molecule has 0 aromatic heterocycles. The first-order valence-corrected chi connectivity index (χ1v) is 6.25. The molecule has 0 spiro atoms. The van der Waals surface area contributed by atoms with Crippen molar-refractivity contribution in [2.24, 2.45) is 5.92 Å². The number of ether oxygens (including phenoxy) is 1. The zero-order valence-electron chi connectivity index (χ0n) is 11.1. The molecule has 1 rings (SSSR count). The Morgan fingerprint density at radius 3 is 2.00 bits per heavy atom. The normalized spacial score (nSPS) is 18.6. The van der Waals surface area contributed by atoms with Gasteiger partial charge in [-0.3, -0.25) is 4.79 Å². The quantitative estimate of drug-likeness (QED) is 0.742. The zero-order chi connectivity index (χ0) is 12.6. The Bertz CT molecular complexity index is 187. The minimum absolute atomic E-state index is 0.157. The first kappa shape index (κ1) is 15.4. The summed E-state index contributed by atoms with van der Waals surface area (Å²) < 4.78 is 4.26. The standard InChI is InChI=1S/C9H18O.C4H8O2/c1-8(2)9(10)6-4-3-5-7-9;1-3-4(5)6-2/h8,10H,3-7H2,1-2H3;3H2,1-2H3. The predicted octanol–water partition coefficient (Wildman–Crippen LogP) is 2.91. The van der Waals surface area contributed by atoms with Gasteiger partial charge in [-0.2, -0.15) is 0 Å². The Balaban J connectivity index is 0.000000325. The number of hydrogen-bond donors (Lipinski definition) is 1. The molecule has 1 aliphatic rings. The van der Waals surface area contributed by atoms with Crippen LogP contribution in [0.2, 0.25) is 0 Å². The van der Waals surface area contributed by atoms with Gasteiger partial charge in [0.25, 0.3) is 0 Å². The monoisotopic (exact) mass is 230 g/mol. The molecule has 0 aliphatic heterocycles. The molecule has 0 amide bonds. The summed E-state index contributed by atoms with van der Waals surface area (Å²) in [6, 6.07) is 0. The molecule has 1 N–H and O–H groups in total. The predicted molar refractivity (Wildman–Crippen MR) is 65.2 cm³/mol. The molecule has 0 heterocycles. The first-order chi connectivity index (χ1) is 7.46. The highest BCUT2D eigenvalue weighted by Crippen LogP contribution is 2.33. The zero-order valence-corrected chi connectivity index (χ0v) is 11.1. The largest absolute Gasteiger partial charge is 0.469 e. The van der Waals surface area contributed by atoms with Gasteiger partial charge in [0.1, 0.15) is 0 Å². The number of hydrogen-bond acceptors (Lipinski definition) is 3. The van der Waals surface area contributed by atoms with Crippen LogP contribution in [0.1, 0.15) is 59.3 Å². The van der Waals surface area contributed by atoms with E-state index in [2.05, 4.69) is 18.6 Å². The van der Waals surface area contributed by atoms with Crippen LogP contribution in [0.3, 0.4) is 0 Å². The second-order valence-electron chi connectivity index (χ2n) is 4.75. The molecule has 0 bridgehead atoms. The third-order valence-corrected chi connectivity index (χ3v) is 3.31. The van der Waals surface area contributed by atoms with Crippen LogP contribution < -0.4 is 0 Å². The lowest BCUT2D eigenvalue weighted by molar-refractivity contribution is -0.140. The van der Waals surface area contributed by atoms with Gasteiger partial charge in [-0.25, -0.2) is 0 Å². The highest BCUT2D eigenvalue weighted by molar-refractivity contribution is 5.68. The van der Waals surface area contributed by atoms with Crippen LogP contribution in [-0.2, 0) is 9.53 Å². The Hall–Kier alpha value is -0.570. The molecule has 96 valence electrons. The minimum Gasteiger partial charge on any atom is -0.469 e. The third kappa shape index (κ3) is 5.50. The summed E-state index contributed by atoms with van der Waals surface area (Å²) in [5, 5.41) is 9.95. The van der Waals surface area contributed by atoms with E-state index in [-0.39, 0.29) is 11.6 Å². The van der Waals surface area contributed by atoms with Crippen molar-refractivity contribution in [2.45, 2.75) is 64.9 Å². The molecule has 0 radical (unpaired) electrons. The molecule has 0 aromatic rings. The summed E-state index contributed by atoms with van der Waals surface area (Å²) >= 11 is 0. The highest BCUT2D eigenvalue weighted by atomic mass is 16.5. The van der Waals surface area contributed by atoms with Gasteiger partial charge in [-0.05, 0) is 18.8 Å². The number of carbonyl (C=O) groups excluding carboxylic acids is 1. The molecule has 0 aromatic carbocycles. The van der Waals surface area contributed by atoms with Gasteiger partial charge in [0.2, 0.25) is 0 Å². The van der Waals surface area contributed by atoms with Gasteiger partial charge in [0.15, 0.2) is 0 Å². The van der Waals surface area contributed by atoms with Gasteiger partial charge < -0.3 is 9.84 Å². The Morgan fingerprint density at radius 1 is 1.31 bits per heavy atom. The molecule has 16 heavy (non-hydrogen) atoms. The van der Waals surface area contributed by atoms with Crippen molar-refractivity contribution in [2.75, 3.05) is 7.11 Å². The average molecular weight is 230 g/mol. The number of esters is 1. The fourth-order valence-electron chi connectivity index (χ4n) is 1.89. The molecule has 3 nitrogen and oxygen atoms in total. The first-order valence-electron chi connectivity index (χ1n) is 6.25. The van der Waals surface area contributed by atoms with Crippen molar-refractivity contribution < 1.29 is 14.6 Å². The molecule has 3 heteroatoms. The maximum absolute atomic E-state index is 9.96. The lowest BCUT2D eigenvalue weighted by atomic mass is 9.77. The van der Waals surface area contributed by atoms with Crippen molar-refractivity contribution in [1.82, 2.24) is 0 Å². The van der Waals surface area contributed by atoms with Crippen LogP contribution in [0.25, 0.3) is 0 Å². The Kier molecular flexibility index (Phi) is 7.39. The van der Waals surface area contributed by atoms with E-state index in [9.17, 15) is 9.90 Å². The van der Waals surface area contributed by atoms with E-state index in [0.29, 0.717) is 12.3 Å². The van der Waals surface area contributed by atoms with E-state index in [1.807, 2.05) is 0 Å². The lowest BCUT2D eigenvalue weighted by Gasteiger charge is -2.35. The fraction of sp³-hybridized carbons (Fsp3) is 0.923. The van der Waals surface area contributed by atoms with E-state index in [1.165, 1.54) is 26.4 Å². The summed E-state index contributed by atoms with van der Waals surface area (Å²) in [4.78, 5) is 9.96. The number of rotatable bonds is 2. The van der Waals surface area contributed by atoms with Crippen molar-refractivity contribution in [3.63, 3.8) is 0 Å². The molecule has 1 saturated carbocycles. The van der Waals surface area contributed by atoms with E-state index in [4.69, 9.17) is 0 Å². The summed E-state index contributed by atoms with van der Waals surface area (Å²) in [5.74, 6) is 0.280. The second-order valence-corrected chi connectivity index (χ2v) is 4.75. The maximum atomic E-state index is 9.96. The fourth-order valence-corrected chi connectivity index (χ4v) is 1.89.